The molecule has 2 heterocycles. The van der Waals surface area contributed by atoms with Gasteiger partial charge in [-0.05, 0) is 25.0 Å². The van der Waals surface area contributed by atoms with Gasteiger partial charge in [0.2, 0.25) is 0 Å². The van der Waals surface area contributed by atoms with E-state index in [1.165, 1.54) is 5.56 Å². The second kappa shape index (κ2) is 4.01. The monoisotopic (exact) mass is 244 g/mol. The molecule has 1 N–H and O–H groups in total. The third-order valence-corrected chi connectivity index (χ3v) is 3.38. The predicted octanol–water partition coefficient (Wildman–Crippen LogP) is 1.80. The van der Waals surface area contributed by atoms with Crippen molar-refractivity contribution in [3.63, 3.8) is 0 Å². The Kier molecular flexibility index (Phi) is 2.47. The first-order chi connectivity index (χ1) is 8.68. The van der Waals surface area contributed by atoms with Gasteiger partial charge in [0.25, 0.3) is 0 Å². The highest BCUT2D eigenvalue weighted by Crippen LogP contribution is 2.28. The molecule has 94 valence electrons. The lowest BCUT2D eigenvalue weighted by Crippen LogP contribution is -2.46. The van der Waals surface area contributed by atoms with Crippen LogP contribution >= 0.6 is 0 Å². The van der Waals surface area contributed by atoms with Crippen molar-refractivity contribution in [2.75, 3.05) is 18.0 Å². The van der Waals surface area contributed by atoms with Gasteiger partial charge in [0.15, 0.2) is 5.82 Å². The van der Waals surface area contributed by atoms with Crippen molar-refractivity contribution < 1.29 is 4.79 Å². The summed E-state index contributed by atoms with van der Waals surface area (Å²) in [5, 5.41) is 8.40. The van der Waals surface area contributed by atoms with Crippen molar-refractivity contribution in [2.24, 2.45) is 7.05 Å². The summed E-state index contributed by atoms with van der Waals surface area (Å²) in [7, 11) is 1.92. The predicted molar refractivity (Wildman–Crippen MR) is 70.8 cm³/mol. The van der Waals surface area contributed by atoms with Gasteiger partial charge < -0.3 is 5.32 Å². The Hall–Kier alpha value is -2.04. The lowest BCUT2D eigenvalue weighted by molar-refractivity contribution is 0.242. The van der Waals surface area contributed by atoms with Gasteiger partial charge in [-0.25, -0.2) is 4.79 Å². The largest absolute Gasteiger partial charge is 0.338 e. The van der Waals surface area contributed by atoms with Crippen LogP contribution in [0.5, 0.6) is 0 Å². The smallest absolute Gasteiger partial charge is 0.323 e. The summed E-state index contributed by atoms with van der Waals surface area (Å²) in [4.78, 5) is 13.6. The summed E-state index contributed by atoms with van der Waals surface area (Å²) < 4.78 is 1.85. The van der Waals surface area contributed by atoms with Crippen LogP contribution in [-0.4, -0.2) is 28.9 Å². The summed E-state index contributed by atoms with van der Waals surface area (Å²) >= 11 is 0. The molecule has 2 aromatic rings. The van der Waals surface area contributed by atoms with Crippen LogP contribution in [0.25, 0.3) is 10.9 Å². The summed E-state index contributed by atoms with van der Waals surface area (Å²) in [6.07, 6.45) is 0.954. The average Bonchev–Trinajstić information content (AvgIpc) is 2.69. The molecule has 0 spiro atoms. The fourth-order valence-electron chi connectivity index (χ4n) is 2.55. The Morgan fingerprint density at radius 1 is 1.39 bits per heavy atom. The van der Waals surface area contributed by atoms with Crippen LogP contribution in [0.15, 0.2) is 18.2 Å². The van der Waals surface area contributed by atoms with E-state index in [1.54, 1.807) is 4.90 Å². The summed E-state index contributed by atoms with van der Waals surface area (Å²) in [6, 6.07) is 6.03. The zero-order valence-corrected chi connectivity index (χ0v) is 10.6. The van der Waals surface area contributed by atoms with Crippen LogP contribution in [0.2, 0.25) is 0 Å². The molecular weight excluding hydrogens is 228 g/mol. The number of hydrogen-bond acceptors (Lipinski definition) is 2. The molecule has 0 atom stereocenters. The van der Waals surface area contributed by atoms with E-state index in [0.717, 1.165) is 36.2 Å². The Bertz CT molecular complexity index is 617. The van der Waals surface area contributed by atoms with E-state index in [4.69, 9.17) is 0 Å². The second-order valence-corrected chi connectivity index (χ2v) is 4.66. The first-order valence-corrected chi connectivity index (χ1v) is 6.16. The Morgan fingerprint density at radius 2 is 2.22 bits per heavy atom. The normalized spacial score (nSPS) is 16.1. The van der Waals surface area contributed by atoms with Crippen molar-refractivity contribution in [1.82, 2.24) is 15.1 Å². The maximum atomic E-state index is 11.9. The molecule has 1 saturated heterocycles. The van der Waals surface area contributed by atoms with Crippen LogP contribution in [0.4, 0.5) is 10.6 Å². The number of benzene rings is 1. The van der Waals surface area contributed by atoms with Crippen LogP contribution in [0.1, 0.15) is 12.0 Å². The number of nitrogens with one attached hydrogen (secondary N) is 1. The van der Waals surface area contributed by atoms with Crippen molar-refractivity contribution in [3.05, 3.63) is 23.8 Å². The Balaban J connectivity index is 2.18. The fraction of sp³-hybridized carbons (Fsp3) is 0.385. The van der Waals surface area contributed by atoms with Crippen LogP contribution < -0.4 is 10.2 Å². The zero-order chi connectivity index (χ0) is 12.7. The lowest BCUT2D eigenvalue weighted by atomic mass is 10.1. The fourth-order valence-corrected chi connectivity index (χ4v) is 2.55. The SMILES string of the molecule is Cc1cccc2c(N3CCCNC3=O)nn(C)c12. The van der Waals surface area contributed by atoms with E-state index in [9.17, 15) is 4.79 Å². The number of fused-ring (bicyclic) bond motifs is 1. The summed E-state index contributed by atoms with van der Waals surface area (Å²) in [6.45, 7) is 3.54. The van der Waals surface area contributed by atoms with Crippen molar-refractivity contribution in [1.29, 1.82) is 0 Å². The van der Waals surface area contributed by atoms with E-state index in [-0.39, 0.29) is 6.03 Å². The van der Waals surface area contributed by atoms with Gasteiger partial charge in [0.1, 0.15) is 0 Å². The topological polar surface area (TPSA) is 50.2 Å². The number of carbonyl (C=O) groups is 1. The number of hydrogen-bond donors (Lipinski definition) is 1. The molecule has 5 nitrogen and oxygen atoms in total. The Morgan fingerprint density at radius 3 is 3.00 bits per heavy atom. The zero-order valence-electron chi connectivity index (χ0n) is 10.6. The van der Waals surface area contributed by atoms with Crippen LogP contribution in [-0.2, 0) is 7.05 Å². The van der Waals surface area contributed by atoms with Gasteiger partial charge in [-0.3, -0.25) is 9.58 Å². The maximum absolute atomic E-state index is 11.9. The first kappa shape index (κ1) is 11.1. The number of amides is 2. The molecule has 0 bridgehead atoms. The van der Waals surface area contributed by atoms with Crippen molar-refractivity contribution in [3.8, 4) is 0 Å². The van der Waals surface area contributed by atoms with Crippen molar-refractivity contribution in [2.45, 2.75) is 13.3 Å². The molecule has 1 aliphatic heterocycles. The van der Waals surface area contributed by atoms with Gasteiger partial charge in [0, 0.05) is 25.5 Å². The van der Waals surface area contributed by atoms with E-state index in [2.05, 4.69) is 23.4 Å². The van der Waals surface area contributed by atoms with Gasteiger partial charge in [-0.2, -0.15) is 5.10 Å². The van der Waals surface area contributed by atoms with Crippen molar-refractivity contribution >= 4 is 22.8 Å². The number of urea groups is 1. The maximum Gasteiger partial charge on any atom is 0.323 e. The number of para-hydroxylation sites is 1. The molecule has 1 aromatic heterocycles. The molecule has 0 radical (unpaired) electrons. The van der Waals surface area contributed by atoms with Gasteiger partial charge in [-0.1, -0.05) is 12.1 Å². The molecule has 0 aliphatic carbocycles. The molecule has 1 fully saturated rings. The number of rotatable bonds is 1. The van der Waals surface area contributed by atoms with Crippen LogP contribution in [0, 0.1) is 6.92 Å². The van der Waals surface area contributed by atoms with Gasteiger partial charge in [0.05, 0.1) is 5.52 Å². The average molecular weight is 244 g/mol. The standard InChI is InChI=1S/C13H16N4O/c1-9-5-3-6-10-11(9)16(2)15-12(10)17-8-4-7-14-13(17)18/h3,5-6H,4,7-8H2,1-2H3,(H,14,18). The lowest BCUT2D eigenvalue weighted by Gasteiger charge is -2.25. The quantitative estimate of drug-likeness (QED) is 0.831. The highest BCUT2D eigenvalue weighted by Gasteiger charge is 2.24. The minimum atomic E-state index is -0.0530. The highest BCUT2D eigenvalue weighted by molar-refractivity contribution is 6.02. The molecule has 1 aliphatic rings. The van der Waals surface area contributed by atoms with E-state index < -0.39 is 0 Å². The minimum Gasteiger partial charge on any atom is -0.338 e. The molecular formula is C13H16N4O. The van der Waals surface area contributed by atoms with Gasteiger partial charge >= 0.3 is 6.03 Å². The summed E-state index contributed by atoms with van der Waals surface area (Å²) in [5.41, 5.74) is 2.26. The number of aromatic nitrogens is 2. The Labute approximate surface area is 105 Å². The first-order valence-electron chi connectivity index (χ1n) is 6.16. The summed E-state index contributed by atoms with van der Waals surface area (Å²) in [5.74, 6) is 0.758. The molecule has 1 aromatic carbocycles. The second-order valence-electron chi connectivity index (χ2n) is 4.66. The highest BCUT2D eigenvalue weighted by atomic mass is 16.2. The molecule has 0 unspecified atom stereocenters. The third-order valence-electron chi connectivity index (χ3n) is 3.38. The number of aryl methyl sites for hydroxylation is 2. The molecule has 3 rings (SSSR count). The van der Waals surface area contributed by atoms with Gasteiger partial charge in [-0.15, -0.1) is 0 Å². The van der Waals surface area contributed by atoms with E-state index in [1.807, 2.05) is 23.9 Å². The number of anilines is 1. The molecule has 18 heavy (non-hydrogen) atoms. The molecule has 2 amide bonds. The van der Waals surface area contributed by atoms with Crippen LogP contribution in [0.3, 0.4) is 0 Å². The van der Waals surface area contributed by atoms with E-state index in [0.29, 0.717) is 0 Å². The minimum absolute atomic E-state index is 0.0530. The number of carbonyl (C=O) groups excluding carboxylic acids is 1. The number of nitrogens with zero attached hydrogens (tertiary/aromatic N) is 3. The third kappa shape index (κ3) is 1.54. The molecule has 0 saturated carbocycles. The molecule has 5 heteroatoms. The van der Waals surface area contributed by atoms with E-state index >= 15 is 0 Å².